The first-order valence-electron chi connectivity index (χ1n) is 9.09. The topological polar surface area (TPSA) is 196 Å². The third kappa shape index (κ3) is 4.42. The summed E-state index contributed by atoms with van der Waals surface area (Å²) in [5.74, 6) is -0.551. The minimum atomic E-state index is -1.90. The normalized spacial score (nSPS) is 39.1. The molecular formula is C18H24O12. The van der Waals surface area contributed by atoms with Crippen molar-refractivity contribution in [2.75, 3.05) is 19.8 Å². The van der Waals surface area contributed by atoms with Crippen LogP contribution in [0.4, 0.5) is 0 Å². The van der Waals surface area contributed by atoms with Crippen LogP contribution in [0.1, 0.15) is 10.4 Å². The highest BCUT2D eigenvalue weighted by Gasteiger charge is 2.50. The Morgan fingerprint density at radius 2 is 1.87 bits per heavy atom. The van der Waals surface area contributed by atoms with Crippen LogP contribution in [0.2, 0.25) is 0 Å². The van der Waals surface area contributed by atoms with Crippen molar-refractivity contribution in [3.63, 3.8) is 0 Å². The lowest BCUT2D eigenvalue weighted by Crippen LogP contribution is -2.60. The first-order valence-corrected chi connectivity index (χ1v) is 9.09. The first kappa shape index (κ1) is 22.8. The average Bonchev–Trinajstić information content (AvgIpc) is 3.03. The lowest BCUT2D eigenvalue weighted by atomic mass is 9.99. The van der Waals surface area contributed by atoms with E-state index in [0.717, 1.165) is 6.07 Å². The van der Waals surface area contributed by atoms with E-state index in [4.69, 9.17) is 24.1 Å². The van der Waals surface area contributed by atoms with Crippen molar-refractivity contribution >= 4 is 6.29 Å². The minimum Gasteiger partial charge on any atom is -0.504 e. The van der Waals surface area contributed by atoms with Crippen molar-refractivity contribution < 1.29 is 59.5 Å². The van der Waals surface area contributed by atoms with Crippen LogP contribution in [-0.4, -0.2) is 111 Å². The fraction of sp³-hybridized carbons (Fsp3) is 0.611. The van der Waals surface area contributed by atoms with Gasteiger partial charge in [-0.15, -0.1) is 0 Å². The molecule has 0 aliphatic carbocycles. The van der Waals surface area contributed by atoms with E-state index in [1.54, 1.807) is 0 Å². The summed E-state index contributed by atoms with van der Waals surface area (Å²) < 4.78 is 21.2. The van der Waals surface area contributed by atoms with Crippen molar-refractivity contribution in [2.24, 2.45) is 0 Å². The number of phenolic OH excluding ortho intramolecular Hbond substituents is 1. The third-order valence-corrected chi connectivity index (χ3v) is 5.04. The summed E-state index contributed by atoms with van der Waals surface area (Å²) in [5.41, 5.74) is -1.71. The van der Waals surface area contributed by atoms with Crippen LogP contribution >= 0.6 is 0 Å². The van der Waals surface area contributed by atoms with Gasteiger partial charge in [0.2, 0.25) is 6.29 Å². The zero-order valence-electron chi connectivity index (χ0n) is 15.6. The van der Waals surface area contributed by atoms with E-state index in [2.05, 4.69) is 0 Å². The molecule has 2 heterocycles. The number of phenols is 1. The molecule has 2 saturated heterocycles. The number of aldehydes is 1. The average molecular weight is 432 g/mol. The second kappa shape index (κ2) is 9.09. The van der Waals surface area contributed by atoms with Crippen LogP contribution in [0.15, 0.2) is 18.2 Å². The van der Waals surface area contributed by atoms with Gasteiger partial charge in [-0.05, 0) is 18.2 Å². The van der Waals surface area contributed by atoms with Crippen LogP contribution in [0.25, 0.3) is 0 Å². The van der Waals surface area contributed by atoms with Gasteiger partial charge in [0, 0.05) is 5.56 Å². The highest BCUT2D eigenvalue weighted by atomic mass is 16.7. The zero-order chi connectivity index (χ0) is 22.1. The second-order valence-corrected chi connectivity index (χ2v) is 7.20. The molecule has 0 aromatic heterocycles. The molecule has 0 spiro atoms. The Bertz CT molecular complexity index is 744. The third-order valence-electron chi connectivity index (χ3n) is 5.04. The maximum absolute atomic E-state index is 10.7. The maximum atomic E-state index is 10.7. The summed E-state index contributed by atoms with van der Waals surface area (Å²) in [7, 11) is 0. The fourth-order valence-electron chi connectivity index (χ4n) is 3.11. The molecule has 8 atom stereocenters. The molecule has 30 heavy (non-hydrogen) atoms. The number of ether oxygens (including phenoxy) is 4. The summed E-state index contributed by atoms with van der Waals surface area (Å²) in [6, 6.07) is 3.74. The van der Waals surface area contributed by atoms with Gasteiger partial charge in [0.05, 0.1) is 19.8 Å². The Morgan fingerprint density at radius 3 is 2.47 bits per heavy atom. The summed E-state index contributed by atoms with van der Waals surface area (Å²) >= 11 is 0. The van der Waals surface area contributed by atoms with Crippen molar-refractivity contribution in [2.45, 2.75) is 48.7 Å². The number of hydrogen-bond acceptors (Lipinski definition) is 12. The van der Waals surface area contributed by atoms with E-state index >= 15 is 0 Å². The summed E-state index contributed by atoms with van der Waals surface area (Å²) in [4.78, 5) is 10.7. The van der Waals surface area contributed by atoms with Gasteiger partial charge in [-0.1, -0.05) is 0 Å². The molecule has 1 aromatic carbocycles. The van der Waals surface area contributed by atoms with Crippen LogP contribution in [0, 0.1) is 0 Å². The van der Waals surface area contributed by atoms with Gasteiger partial charge in [0.15, 0.2) is 17.8 Å². The molecule has 0 radical (unpaired) electrons. The van der Waals surface area contributed by atoms with Gasteiger partial charge >= 0.3 is 0 Å². The van der Waals surface area contributed by atoms with E-state index in [-0.39, 0.29) is 17.9 Å². The van der Waals surface area contributed by atoms with E-state index in [0.29, 0.717) is 6.29 Å². The first-order chi connectivity index (χ1) is 14.2. The highest BCUT2D eigenvalue weighted by Crippen LogP contribution is 2.31. The van der Waals surface area contributed by atoms with E-state index in [9.17, 15) is 35.4 Å². The highest BCUT2D eigenvalue weighted by molar-refractivity contribution is 5.76. The van der Waals surface area contributed by atoms with E-state index < -0.39 is 67.7 Å². The Kier molecular flexibility index (Phi) is 6.91. The van der Waals surface area contributed by atoms with Crippen LogP contribution in [-0.2, 0) is 14.2 Å². The van der Waals surface area contributed by atoms with Crippen molar-refractivity contribution in [1.82, 2.24) is 0 Å². The molecule has 12 nitrogen and oxygen atoms in total. The summed E-state index contributed by atoms with van der Waals surface area (Å²) in [5, 5.41) is 69.4. The maximum Gasteiger partial charge on any atom is 0.229 e. The van der Waals surface area contributed by atoms with Gasteiger partial charge in [0.1, 0.15) is 42.4 Å². The zero-order valence-corrected chi connectivity index (χ0v) is 15.6. The number of aromatic hydroxyl groups is 1. The standard InChI is InChI=1S/C18H24O12/c19-4-8-1-2-10(9(21)3-8)29-16-14(24)13(23)12(22)11(30-16)5-27-17-15(25)18(26,6-20)7-28-17/h1-4,11-17,20-26H,5-7H2. The summed E-state index contributed by atoms with van der Waals surface area (Å²) in [6.45, 7) is -1.58. The number of hydrogen-bond donors (Lipinski definition) is 7. The number of carbonyl (C=O) groups is 1. The van der Waals surface area contributed by atoms with Crippen molar-refractivity contribution in [3.8, 4) is 11.5 Å². The minimum absolute atomic E-state index is 0.143. The Balaban J connectivity index is 1.65. The van der Waals surface area contributed by atoms with Crippen LogP contribution in [0.3, 0.4) is 0 Å². The molecule has 2 aliphatic rings. The van der Waals surface area contributed by atoms with E-state index in [1.807, 2.05) is 0 Å². The van der Waals surface area contributed by atoms with Gasteiger partial charge in [0.25, 0.3) is 0 Å². The number of aliphatic hydroxyl groups excluding tert-OH is 5. The predicted octanol–water partition coefficient (Wildman–Crippen LogP) is -3.15. The summed E-state index contributed by atoms with van der Waals surface area (Å²) in [6.07, 6.45) is -10.1. The van der Waals surface area contributed by atoms with Gasteiger partial charge in [-0.2, -0.15) is 0 Å². The Labute approximate surface area is 170 Å². The lowest BCUT2D eigenvalue weighted by molar-refractivity contribution is -0.289. The molecule has 8 unspecified atom stereocenters. The number of aliphatic hydroxyl groups is 6. The molecule has 3 rings (SSSR count). The molecular weight excluding hydrogens is 408 g/mol. The molecule has 2 aliphatic heterocycles. The number of carbonyl (C=O) groups excluding carboxylic acids is 1. The van der Waals surface area contributed by atoms with Crippen LogP contribution in [0.5, 0.6) is 11.5 Å². The molecule has 168 valence electrons. The number of benzene rings is 1. The molecule has 0 bridgehead atoms. The molecule has 0 saturated carbocycles. The lowest BCUT2D eigenvalue weighted by Gasteiger charge is -2.40. The Morgan fingerprint density at radius 1 is 1.13 bits per heavy atom. The van der Waals surface area contributed by atoms with Gasteiger partial charge in [-0.25, -0.2) is 0 Å². The molecule has 1 aromatic rings. The van der Waals surface area contributed by atoms with Crippen LogP contribution < -0.4 is 4.74 Å². The van der Waals surface area contributed by atoms with Crippen molar-refractivity contribution in [3.05, 3.63) is 23.8 Å². The fourth-order valence-corrected chi connectivity index (χ4v) is 3.11. The SMILES string of the molecule is O=Cc1ccc(OC2OC(COC3OCC(O)(CO)C3O)C(O)C(O)C2O)c(O)c1. The Hall–Kier alpha value is -1.87. The van der Waals surface area contributed by atoms with Crippen molar-refractivity contribution in [1.29, 1.82) is 0 Å². The molecule has 2 fully saturated rings. The van der Waals surface area contributed by atoms with Gasteiger partial charge < -0.3 is 54.7 Å². The second-order valence-electron chi connectivity index (χ2n) is 7.20. The van der Waals surface area contributed by atoms with Gasteiger partial charge in [-0.3, -0.25) is 4.79 Å². The smallest absolute Gasteiger partial charge is 0.229 e. The molecule has 0 amide bonds. The molecule has 7 N–H and O–H groups in total. The van der Waals surface area contributed by atoms with E-state index in [1.165, 1.54) is 12.1 Å². The predicted molar refractivity (Wildman–Crippen MR) is 94.5 cm³/mol. The number of rotatable bonds is 7. The largest absolute Gasteiger partial charge is 0.504 e. The quantitative estimate of drug-likeness (QED) is 0.214. The molecule has 12 heteroatoms. The monoisotopic (exact) mass is 432 g/mol.